The Morgan fingerprint density at radius 3 is 2.80 bits per heavy atom. The highest BCUT2D eigenvalue weighted by atomic mass is 79.9. The van der Waals surface area contributed by atoms with E-state index < -0.39 is 0 Å². The minimum atomic E-state index is 0.0848. The number of hydrogen-bond donors (Lipinski definition) is 1. The van der Waals surface area contributed by atoms with Crippen LogP contribution in [0.2, 0.25) is 0 Å². The molecule has 0 aliphatic heterocycles. The second-order valence-electron chi connectivity index (χ2n) is 5.68. The standard InChI is InChI=1S/C19H20BrN3OS/c1-14-22-16-7-3-4-8-17(16)23(14)12-11-21-19(24)10-13-25-18-9-5-2-6-15(18)20/h2-9H,10-13H2,1H3,(H,21,24). The molecular formula is C19H20BrN3OS. The maximum Gasteiger partial charge on any atom is 0.220 e. The molecule has 1 aromatic heterocycles. The molecule has 3 rings (SSSR count). The number of nitrogens with one attached hydrogen (secondary N) is 1. The van der Waals surface area contributed by atoms with Crippen LogP contribution in [0.15, 0.2) is 57.9 Å². The van der Waals surface area contributed by atoms with E-state index in [0.29, 0.717) is 13.0 Å². The summed E-state index contributed by atoms with van der Waals surface area (Å²) in [6.45, 7) is 3.34. The number of imidazole rings is 1. The van der Waals surface area contributed by atoms with Crippen molar-refractivity contribution in [1.82, 2.24) is 14.9 Å². The number of rotatable bonds is 7. The molecule has 25 heavy (non-hydrogen) atoms. The minimum absolute atomic E-state index is 0.0848. The first-order valence-electron chi connectivity index (χ1n) is 8.21. The maximum atomic E-state index is 12.0. The first kappa shape index (κ1) is 18.0. The molecule has 1 N–H and O–H groups in total. The minimum Gasteiger partial charge on any atom is -0.354 e. The van der Waals surface area contributed by atoms with E-state index in [4.69, 9.17) is 0 Å². The monoisotopic (exact) mass is 417 g/mol. The first-order chi connectivity index (χ1) is 12.1. The van der Waals surface area contributed by atoms with Gasteiger partial charge in [0.25, 0.3) is 0 Å². The van der Waals surface area contributed by atoms with Gasteiger partial charge in [-0.1, -0.05) is 24.3 Å². The lowest BCUT2D eigenvalue weighted by Crippen LogP contribution is -2.27. The third kappa shape index (κ3) is 4.64. The van der Waals surface area contributed by atoms with Crippen LogP contribution in [-0.4, -0.2) is 27.8 Å². The number of aromatic nitrogens is 2. The van der Waals surface area contributed by atoms with Gasteiger partial charge in [-0.15, -0.1) is 11.8 Å². The summed E-state index contributed by atoms with van der Waals surface area (Å²) < 4.78 is 3.22. The van der Waals surface area contributed by atoms with Crippen LogP contribution in [0.25, 0.3) is 11.0 Å². The Kier molecular flexibility index (Phi) is 6.15. The highest BCUT2D eigenvalue weighted by Gasteiger charge is 2.07. The zero-order chi connectivity index (χ0) is 17.6. The van der Waals surface area contributed by atoms with Crippen molar-refractivity contribution in [2.75, 3.05) is 12.3 Å². The van der Waals surface area contributed by atoms with E-state index in [9.17, 15) is 4.79 Å². The number of hydrogen-bond acceptors (Lipinski definition) is 3. The Balaban J connectivity index is 1.45. The topological polar surface area (TPSA) is 46.9 Å². The molecule has 0 aliphatic rings. The number of amides is 1. The van der Waals surface area contributed by atoms with Gasteiger partial charge in [-0.2, -0.15) is 0 Å². The summed E-state index contributed by atoms with van der Waals surface area (Å²) in [5, 5.41) is 3.00. The van der Waals surface area contributed by atoms with E-state index in [2.05, 4.69) is 42.9 Å². The van der Waals surface area contributed by atoms with Gasteiger partial charge in [0.1, 0.15) is 5.82 Å². The zero-order valence-corrected chi connectivity index (χ0v) is 16.4. The smallest absolute Gasteiger partial charge is 0.220 e. The maximum absolute atomic E-state index is 12.0. The van der Waals surface area contributed by atoms with E-state index in [0.717, 1.165) is 38.5 Å². The lowest BCUT2D eigenvalue weighted by atomic mass is 10.3. The van der Waals surface area contributed by atoms with Crippen LogP contribution in [0, 0.1) is 6.92 Å². The van der Waals surface area contributed by atoms with Crippen LogP contribution in [0.5, 0.6) is 0 Å². The van der Waals surface area contributed by atoms with E-state index in [-0.39, 0.29) is 5.91 Å². The molecule has 2 aromatic carbocycles. The van der Waals surface area contributed by atoms with Crippen LogP contribution in [0.1, 0.15) is 12.2 Å². The molecule has 0 unspecified atom stereocenters. The van der Waals surface area contributed by atoms with Crippen LogP contribution in [-0.2, 0) is 11.3 Å². The highest BCUT2D eigenvalue weighted by Crippen LogP contribution is 2.27. The van der Waals surface area contributed by atoms with Crippen molar-refractivity contribution >= 4 is 44.6 Å². The Hall–Kier alpha value is -1.79. The van der Waals surface area contributed by atoms with Gasteiger partial charge >= 0.3 is 0 Å². The number of carbonyl (C=O) groups excluding carboxylic acids is 1. The van der Waals surface area contributed by atoms with Gasteiger partial charge in [-0.05, 0) is 47.1 Å². The normalized spacial score (nSPS) is 11.0. The summed E-state index contributed by atoms with van der Waals surface area (Å²) in [7, 11) is 0. The third-order valence-corrected chi connectivity index (χ3v) is 5.96. The molecule has 1 heterocycles. The van der Waals surface area contributed by atoms with Crippen LogP contribution in [0.4, 0.5) is 0 Å². The number of thioether (sulfide) groups is 1. The highest BCUT2D eigenvalue weighted by molar-refractivity contribution is 9.10. The molecule has 3 aromatic rings. The fourth-order valence-electron chi connectivity index (χ4n) is 2.69. The van der Waals surface area contributed by atoms with Gasteiger partial charge < -0.3 is 9.88 Å². The summed E-state index contributed by atoms with van der Waals surface area (Å²) in [6, 6.07) is 16.1. The zero-order valence-electron chi connectivity index (χ0n) is 14.0. The first-order valence-corrected chi connectivity index (χ1v) is 9.99. The third-order valence-electron chi connectivity index (χ3n) is 3.93. The predicted octanol–water partition coefficient (Wildman–Crippen LogP) is 4.41. The summed E-state index contributed by atoms with van der Waals surface area (Å²) in [4.78, 5) is 17.7. The average Bonchev–Trinajstić information content (AvgIpc) is 2.92. The fourth-order valence-corrected chi connectivity index (χ4v) is 4.21. The molecule has 0 fully saturated rings. The Morgan fingerprint density at radius 1 is 1.20 bits per heavy atom. The molecule has 0 saturated heterocycles. The van der Waals surface area contributed by atoms with E-state index in [1.165, 1.54) is 0 Å². The second kappa shape index (κ2) is 8.54. The number of para-hydroxylation sites is 2. The molecule has 130 valence electrons. The summed E-state index contributed by atoms with van der Waals surface area (Å²) in [6.07, 6.45) is 0.510. The largest absolute Gasteiger partial charge is 0.354 e. The molecule has 6 heteroatoms. The summed E-state index contributed by atoms with van der Waals surface area (Å²) in [5.74, 6) is 1.82. The number of aryl methyl sites for hydroxylation is 1. The molecule has 0 spiro atoms. The second-order valence-corrected chi connectivity index (χ2v) is 7.67. The van der Waals surface area contributed by atoms with E-state index >= 15 is 0 Å². The number of halogens is 1. The van der Waals surface area contributed by atoms with Crippen LogP contribution in [0.3, 0.4) is 0 Å². The summed E-state index contributed by atoms with van der Waals surface area (Å²) >= 11 is 5.21. The van der Waals surface area contributed by atoms with Gasteiger partial charge in [0.15, 0.2) is 0 Å². The molecule has 0 saturated carbocycles. The van der Waals surface area contributed by atoms with Crippen molar-refractivity contribution in [3.05, 3.63) is 58.8 Å². The van der Waals surface area contributed by atoms with E-state index in [1.54, 1.807) is 11.8 Å². The van der Waals surface area contributed by atoms with Gasteiger partial charge in [0.2, 0.25) is 5.91 Å². The number of benzene rings is 2. The Morgan fingerprint density at radius 2 is 1.96 bits per heavy atom. The van der Waals surface area contributed by atoms with Crippen molar-refractivity contribution < 1.29 is 4.79 Å². The quantitative estimate of drug-likeness (QED) is 0.579. The van der Waals surface area contributed by atoms with Gasteiger partial charge in [0.05, 0.1) is 11.0 Å². The fraction of sp³-hybridized carbons (Fsp3) is 0.263. The molecule has 1 amide bonds. The molecular weight excluding hydrogens is 398 g/mol. The van der Waals surface area contributed by atoms with E-state index in [1.807, 2.05) is 43.3 Å². The predicted molar refractivity (Wildman–Crippen MR) is 107 cm³/mol. The molecule has 0 bridgehead atoms. The van der Waals surface area contributed by atoms with Crippen molar-refractivity contribution in [2.45, 2.75) is 24.8 Å². The number of fused-ring (bicyclic) bond motifs is 1. The van der Waals surface area contributed by atoms with Crippen molar-refractivity contribution in [1.29, 1.82) is 0 Å². The Bertz CT molecular complexity index is 878. The molecule has 4 nitrogen and oxygen atoms in total. The number of carbonyl (C=O) groups is 1. The Labute approximate surface area is 160 Å². The van der Waals surface area contributed by atoms with Crippen molar-refractivity contribution in [2.24, 2.45) is 0 Å². The lowest BCUT2D eigenvalue weighted by molar-refractivity contribution is -0.120. The lowest BCUT2D eigenvalue weighted by Gasteiger charge is -2.09. The number of nitrogens with zero attached hydrogens (tertiary/aromatic N) is 2. The van der Waals surface area contributed by atoms with Crippen molar-refractivity contribution in [3.63, 3.8) is 0 Å². The SMILES string of the molecule is Cc1nc2ccccc2n1CCNC(=O)CCSc1ccccc1Br. The average molecular weight is 418 g/mol. The van der Waals surface area contributed by atoms with Gasteiger partial charge in [0, 0.05) is 34.6 Å². The molecule has 0 aliphatic carbocycles. The van der Waals surface area contributed by atoms with Crippen LogP contribution < -0.4 is 5.32 Å². The molecule has 0 atom stereocenters. The van der Waals surface area contributed by atoms with Crippen molar-refractivity contribution in [3.8, 4) is 0 Å². The van der Waals surface area contributed by atoms with Gasteiger partial charge in [-0.3, -0.25) is 4.79 Å². The van der Waals surface area contributed by atoms with Gasteiger partial charge in [-0.25, -0.2) is 4.98 Å². The van der Waals surface area contributed by atoms with Crippen LogP contribution >= 0.6 is 27.7 Å². The summed E-state index contributed by atoms with van der Waals surface area (Å²) in [5.41, 5.74) is 2.11. The molecule has 0 radical (unpaired) electrons.